The van der Waals surface area contributed by atoms with E-state index >= 15 is 0 Å². The largest absolute Gasteiger partial charge is 0.416 e. The third kappa shape index (κ3) is 4.33. The molecule has 1 saturated carbocycles. The van der Waals surface area contributed by atoms with Crippen LogP contribution in [-0.2, 0) is 12.7 Å². The second kappa shape index (κ2) is 8.10. The van der Waals surface area contributed by atoms with Gasteiger partial charge in [0.1, 0.15) is 0 Å². The number of hydrogen-bond acceptors (Lipinski definition) is 6. The quantitative estimate of drug-likeness (QED) is 0.571. The molecule has 0 atom stereocenters. The van der Waals surface area contributed by atoms with E-state index in [-0.39, 0.29) is 12.1 Å². The molecule has 1 fully saturated rings. The summed E-state index contributed by atoms with van der Waals surface area (Å²) in [6.07, 6.45) is 1.09. The smallest absolute Gasteiger partial charge is 0.351 e. The Hall–Kier alpha value is -2.88. The minimum atomic E-state index is -4.37. The predicted molar refractivity (Wildman–Crippen MR) is 110 cm³/mol. The molecule has 2 aromatic heterocycles. The van der Waals surface area contributed by atoms with Gasteiger partial charge in [-0.15, -0.1) is 0 Å². The summed E-state index contributed by atoms with van der Waals surface area (Å²) in [7, 11) is 0. The number of imidazole rings is 1. The molecule has 3 aromatic rings. The van der Waals surface area contributed by atoms with Crippen molar-refractivity contribution in [3.05, 3.63) is 36.2 Å². The number of benzene rings is 1. The monoisotopic (exact) mass is 419 g/mol. The molecular weight excluding hydrogens is 395 g/mol. The highest BCUT2D eigenvalue weighted by molar-refractivity contribution is 5.86. The maximum absolute atomic E-state index is 12.8. The summed E-state index contributed by atoms with van der Waals surface area (Å²) in [5, 5.41) is 6.48. The minimum absolute atomic E-state index is 0.235. The first-order valence-corrected chi connectivity index (χ1v) is 10.0. The number of rotatable bonds is 5. The molecule has 1 aromatic carbocycles. The van der Waals surface area contributed by atoms with Crippen LogP contribution in [-0.4, -0.2) is 31.6 Å². The molecule has 0 saturated heterocycles. The molecule has 7 nitrogen and oxygen atoms in total. The van der Waals surface area contributed by atoms with Gasteiger partial charge in [0.25, 0.3) is 0 Å². The molecule has 0 amide bonds. The van der Waals surface area contributed by atoms with Gasteiger partial charge in [0.05, 0.1) is 11.9 Å². The number of anilines is 3. The molecule has 160 valence electrons. The van der Waals surface area contributed by atoms with Crippen LogP contribution in [0.2, 0.25) is 0 Å². The number of hydrogen-bond donors (Lipinski definition) is 3. The van der Waals surface area contributed by atoms with Crippen molar-refractivity contribution >= 4 is 28.6 Å². The van der Waals surface area contributed by atoms with Crippen molar-refractivity contribution in [3.63, 3.8) is 0 Å². The molecule has 1 aliphatic carbocycles. The molecule has 0 aliphatic heterocycles. The van der Waals surface area contributed by atoms with E-state index in [1.165, 1.54) is 12.1 Å². The molecule has 0 unspecified atom stereocenters. The fraction of sp³-hybridized carbons (Fsp3) is 0.450. The molecule has 30 heavy (non-hydrogen) atoms. The van der Waals surface area contributed by atoms with Crippen molar-refractivity contribution in [2.45, 2.75) is 57.4 Å². The van der Waals surface area contributed by atoms with Crippen LogP contribution in [0.25, 0.3) is 11.2 Å². The number of nitrogens with one attached hydrogen (secondary N) is 2. The SMILES string of the molecule is CCn1cnc2c(Nc3ccc(C(F)(F)F)cc3)nc(NC3CCC(N)CC3)nc21. The van der Waals surface area contributed by atoms with E-state index in [9.17, 15) is 13.2 Å². The Kier molecular flexibility index (Phi) is 5.50. The fourth-order valence-electron chi connectivity index (χ4n) is 3.65. The normalized spacial score (nSPS) is 19.8. The third-order valence-electron chi connectivity index (χ3n) is 5.38. The summed E-state index contributed by atoms with van der Waals surface area (Å²) in [5.74, 6) is 0.912. The summed E-state index contributed by atoms with van der Waals surface area (Å²) in [6.45, 7) is 2.67. The van der Waals surface area contributed by atoms with Gasteiger partial charge in [0, 0.05) is 24.3 Å². The van der Waals surface area contributed by atoms with Crippen molar-refractivity contribution in [2.75, 3.05) is 10.6 Å². The highest BCUT2D eigenvalue weighted by Crippen LogP contribution is 2.31. The van der Waals surface area contributed by atoms with Gasteiger partial charge < -0.3 is 20.9 Å². The van der Waals surface area contributed by atoms with Gasteiger partial charge in [0.15, 0.2) is 17.0 Å². The topological polar surface area (TPSA) is 93.7 Å². The Morgan fingerprint density at radius 1 is 1.10 bits per heavy atom. The highest BCUT2D eigenvalue weighted by atomic mass is 19.4. The van der Waals surface area contributed by atoms with Gasteiger partial charge in [-0.05, 0) is 56.9 Å². The summed E-state index contributed by atoms with van der Waals surface area (Å²) < 4.78 is 40.4. The van der Waals surface area contributed by atoms with Crippen LogP contribution in [0.3, 0.4) is 0 Å². The number of alkyl halides is 3. The van der Waals surface area contributed by atoms with E-state index < -0.39 is 11.7 Å². The zero-order valence-corrected chi connectivity index (χ0v) is 16.6. The first kappa shape index (κ1) is 20.4. The molecular formula is C20H24F3N7. The Morgan fingerprint density at radius 3 is 2.43 bits per heavy atom. The second-order valence-electron chi connectivity index (χ2n) is 7.55. The standard InChI is InChI=1S/C20H24F3N7/c1-2-30-11-25-16-17(26-14-7-3-12(4-8-14)20(21,22)23)28-19(29-18(16)30)27-15-9-5-13(24)6-10-15/h3-4,7-8,11,13,15H,2,5-6,9-10,24H2,1H3,(H2,26,27,28,29). The maximum atomic E-state index is 12.8. The summed E-state index contributed by atoms with van der Waals surface area (Å²) in [6, 6.07) is 5.31. The van der Waals surface area contributed by atoms with Gasteiger partial charge in [-0.1, -0.05) is 0 Å². The van der Waals surface area contributed by atoms with Crippen LogP contribution >= 0.6 is 0 Å². The second-order valence-corrected chi connectivity index (χ2v) is 7.55. The van der Waals surface area contributed by atoms with E-state index in [1.54, 1.807) is 6.33 Å². The lowest BCUT2D eigenvalue weighted by atomic mass is 9.92. The summed E-state index contributed by atoms with van der Waals surface area (Å²) >= 11 is 0. The third-order valence-corrected chi connectivity index (χ3v) is 5.38. The van der Waals surface area contributed by atoms with E-state index in [1.807, 2.05) is 11.5 Å². The van der Waals surface area contributed by atoms with Gasteiger partial charge in [-0.3, -0.25) is 0 Å². The zero-order valence-electron chi connectivity index (χ0n) is 16.6. The molecule has 10 heteroatoms. The summed E-state index contributed by atoms with van der Waals surface area (Å²) in [4.78, 5) is 13.6. The fourth-order valence-corrected chi connectivity index (χ4v) is 3.65. The van der Waals surface area contributed by atoms with E-state index in [2.05, 4.69) is 25.6 Å². The number of aromatic nitrogens is 4. The lowest BCUT2D eigenvalue weighted by Gasteiger charge is -2.26. The first-order valence-electron chi connectivity index (χ1n) is 10.0. The number of nitrogens with two attached hydrogens (primary N) is 1. The number of fused-ring (bicyclic) bond motifs is 1. The number of aryl methyl sites for hydroxylation is 1. The van der Waals surface area contributed by atoms with Gasteiger partial charge in [-0.2, -0.15) is 23.1 Å². The van der Waals surface area contributed by atoms with Crippen LogP contribution in [0.4, 0.5) is 30.6 Å². The molecule has 0 bridgehead atoms. The van der Waals surface area contributed by atoms with Crippen molar-refractivity contribution in [1.29, 1.82) is 0 Å². The Bertz CT molecular complexity index is 1010. The average molecular weight is 419 g/mol. The minimum Gasteiger partial charge on any atom is -0.351 e. The van der Waals surface area contributed by atoms with Crippen molar-refractivity contribution in [2.24, 2.45) is 5.73 Å². The molecule has 0 spiro atoms. The van der Waals surface area contributed by atoms with Gasteiger partial charge in [-0.25, -0.2) is 4.98 Å². The highest BCUT2D eigenvalue weighted by Gasteiger charge is 2.30. The number of halogens is 3. The Balaban J connectivity index is 1.63. The maximum Gasteiger partial charge on any atom is 0.416 e. The lowest BCUT2D eigenvalue weighted by molar-refractivity contribution is -0.137. The Labute approximate surface area is 171 Å². The van der Waals surface area contributed by atoms with E-state index in [0.717, 1.165) is 37.8 Å². The van der Waals surface area contributed by atoms with Gasteiger partial charge in [0.2, 0.25) is 5.95 Å². The van der Waals surface area contributed by atoms with Crippen molar-refractivity contribution in [1.82, 2.24) is 19.5 Å². The van der Waals surface area contributed by atoms with Crippen LogP contribution in [0.1, 0.15) is 38.2 Å². The molecule has 1 aliphatic rings. The predicted octanol–water partition coefficient (Wildman–Crippen LogP) is 4.29. The van der Waals surface area contributed by atoms with Crippen molar-refractivity contribution < 1.29 is 13.2 Å². The molecule has 2 heterocycles. The molecule has 0 radical (unpaired) electrons. The van der Waals surface area contributed by atoms with E-state index in [4.69, 9.17) is 5.73 Å². The summed E-state index contributed by atoms with van der Waals surface area (Å²) in [5.41, 5.74) is 7.00. The van der Waals surface area contributed by atoms with Crippen LogP contribution < -0.4 is 16.4 Å². The van der Waals surface area contributed by atoms with Gasteiger partial charge >= 0.3 is 6.18 Å². The van der Waals surface area contributed by atoms with E-state index in [0.29, 0.717) is 35.2 Å². The average Bonchev–Trinajstić information content (AvgIpc) is 3.13. The Morgan fingerprint density at radius 2 is 1.80 bits per heavy atom. The zero-order chi connectivity index (χ0) is 21.3. The number of nitrogens with zero attached hydrogens (tertiary/aromatic N) is 4. The van der Waals surface area contributed by atoms with Crippen molar-refractivity contribution in [3.8, 4) is 0 Å². The van der Waals surface area contributed by atoms with Crippen LogP contribution in [0.15, 0.2) is 30.6 Å². The van der Waals surface area contributed by atoms with Crippen LogP contribution in [0, 0.1) is 0 Å². The molecule has 4 N–H and O–H groups in total. The van der Waals surface area contributed by atoms with Crippen LogP contribution in [0.5, 0.6) is 0 Å². The first-order chi connectivity index (χ1) is 14.3. The lowest BCUT2D eigenvalue weighted by Crippen LogP contribution is -2.33. The molecule has 4 rings (SSSR count).